The molecule has 0 saturated carbocycles. The van der Waals surface area contributed by atoms with E-state index in [0.717, 1.165) is 25.9 Å². The minimum Gasteiger partial charge on any atom is -0.348 e. The van der Waals surface area contributed by atoms with Gasteiger partial charge >= 0.3 is 0 Å². The second kappa shape index (κ2) is 10.4. The van der Waals surface area contributed by atoms with Gasteiger partial charge in [0.25, 0.3) is 5.91 Å². The molecule has 38 heavy (non-hydrogen) atoms. The van der Waals surface area contributed by atoms with E-state index in [1.165, 1.54) is 22.5 Å². The van der Waals surface area contributed by atoms with Crippen molar-refractivity contribution < 1.29 is 22.8 Å². The molecule has 1 aromatic carbocycles. The van der Waals surface area contributed by atoms with Gasteiger partial charge in [-0.2, -0.15) is 4.31 Å². The molecule has 3 heterocycles. The van der Waals surface area contributed by atoms with E-state index < -0.39 is 21.1 Å². The fraction of sp³-hybridized carbons (Fsp3) is 0.607. The molecule has 0 aromatic heterocycles. The Morgan fingerprint density at radius 1 is 0.947 bits per heavy atom. The van der Waals surface area contributed by atoms with Crippen LogP contribution in [0.5, 0.6) is 0 Å². The first-order valence-corrected chi connectivity index (χ1v) is 14.9. The molecule has 1 aromatic rings. The van der Waals surface area contributed by atoms with Gasteiger partial charge in [0.2, 0.25) is 21.8 Å². The summed E-state index contributed by atoms with van der Waals surface area (Å²) < 4.78 is 29.1. The number of nitrogens with one attached hydrogen (secondary N) is 1. The number of carbonyl (C=O) groups is 3. The second-order valence-electron chi connectivity index (χ2n) is 11.8. The summed E-state index contributed by atoms with van der Waals surface area (Å²) >= 11 is 0. The Kier molecular flexibility index (Phi) is 7.78. The maximum Gasteiger partial charge on any atom is 0.253 e. The van der Waals surface area contributed by atoms with Crippen molar-refractivity contribution >= 4 is 27.7 Å². The van der Waals surface area contributed by atoms with Gasteiger partial charge in [0.1, 0.15) is 0 Å². The fourth-order valence-corrected chi connectivity index (χ4v) is 8.59. The van der Waals surface area contributed by atoms with Crippen LogP contribution < -0.4 is 5.32 Å². The number of likely N-dealkylation sites (tertiary alicyclic amines) is 2. The molecule has 0 aliphatic carbocycles. The van der Waals surface area contributed by atoms with E-state index in [4.69, 9.17) is 0 Å². The number of hydrogen-bond donors (Lipinski definition) is 1. The third kappa shape index (κ3) is 5.25. The molecule has 0 radical (unpaired) electrons. The maximum atomic E-state index is 13.8. The molecule has 1 N–H and O–H groups in total. The van der Waals surface area contributed by atoms with E-state index >= 15 is 0 Å². The van der Waals surface area contributed by atoms with Crippen molar-refractivity contribution in [2.75, 3.05) is 26.2 Å². The van der Waals surface area contributed by atoms with Gasteiger partial charge in [-0.05, 0) is 90.1 Å². The average Bonchev–Trinajstić information content (AvgIpc) is 3.47. The van der Waals surface area contributed by atoms with Crippen molar-refractivity contribution in [1.29, 1.82) is 0 Å². The zero-order valence-corrected chi connectivity index (χ0v) is 23.7. The molecular weight excluding hydrogens is 504 g/mol. The number of benzene rings is 1. The summed E-state index contributed by atoms with van der Waals surface area (Å²) in [5, 5.41) is 2.88. The SMILES string of the molecule is C=CC(=O)NC1CC(C)(C)N(S(=O)(=O)c2ccc(C(=O)N3CCC(C(=O)N4CCCC4)CC3)cc2)C1(C)C. The Labute approximate surface area is 226 Å². The Bertz CT molecular complexity index is 1190. The smallest absolute Gasteiger partial charge is 0.253 e. The van der Waals surface area contributed by atoms with E-state index in [9.17, 15) is 22.8 Å². The maximum absolute atomic E-state index is 13.8. The van der Waals surface area contributed by atoms with Gasteiger partial charge in [0.05, 0.1) is 10.4 Å². The molecule has 9 nitrogen and oxygen atoms in total. The van der Waals surface area contributed by atoms with E-state index in [1.807, 2.05) is 32.6 Å². The molecule has 3 fully saturated rings. The number of piperidine rings is 1. The molecule has 0 spiro atoms. The lowest BCUT2D eigenvalue weighted by Crippen LogP contribution is -2.56. The third-order valence-corrected chi connectivity index (χ3v) is 10.6. The zero-order valence-electron chi connectivity index (χ0n) is 22.9. The third-order valence-electron chi connectivity index (χ3n) is 8.32. The number of sulfonamides is 1. The lowest BCUT2D eigenvalue weighted by Gasteiger charge is -2.40. The summed E-state index contributed by atoms with van der Waals surface area (Å²) in [5.41, 5.74) is -1.21. The number of carbonyl (C=O) groups excluding carboxylic acids is 3. The van der Waals surface area contributed by atoms with Gasteiger partial charge in [-0.1, -0.05) is 6.58 Å². The van der Waals surface area contributed by atoms with Gasteiger partial charge in [-0.25, -0.2) is 8.42 Å². The lowest BCUT2D eigenvalue weighted by molar-refractivity contribution is -0.135. The quantitative estimate of drug-likeness (QED) is 0.555. The van der Waals surface area contributed by atoms with Crippen LogP contribution in [0.15, 0.2) is 41.8 Å². The molecule has 3 amide bonds. The van der Waals surface area contributed by atoms with E-state index in [2.05, 4.69) is 11.9 Å². The standard InChI is InChI=1S/C28H40N4O5S/c1-6-24(33)29-23-19-27(2,3)32(28(23,4)5)38(36,37)22-11-9-20(10-12-22)25(34)31-17-13-21(14-18-31)26(35)30-15-7-8-16-30/h6,9-12,21,23H,1,7-8,13-19H2,2-5H3,(H,29,33). The Morgan fingerprint density at radius 3 is 2.08 bits per heavy atom. The Balaban J connectivity index is 1.45. The van der Waals surface area contributed by atoms with Gasteiger partial charge in [0, 0.05) is 49.2 Å². The van der Waals surface area contributed by atoms with Gasteiger partial charge in [-0.3, -0.25) is 14.4 Å². The number of rotatable bonds is 6. The highest BCUT2D eigenvalue weighted by atomic mass is 32.2. The molecule has 3 saturated heterocycles. The van der Waals surface area contributed by atoms with Crippen molar-refractivity contribution in [2.45, 2.75) is 81.8 Å². The van der Waals surface area contributed by atoms with Crippen molar-refractivity contribution in [2.24, 2.45) is 5.92 Å². The minimum atomic E-state index is -3.93. The Morgan fingerprint density at radius 2 is 1.53 bits per heavy atom. The minimum absolute atomic E-state index is 0.0306. The van der Waals surface area contributed by atoms with E-state index in [1.54, 1.807) is 17.0 Å². The van der Waals surface area contributed by atoms with Crippen LogP contribution in [0, 0.1) is 5.92 Å². The molecule has 0 bridgehead atoms. The Hall–Kier alpha value is -2.72. The van der Waals surface area contributed by atoms with Crippen LogP contribution in [-0.4, -0.2) is 83.5 Å². The van der Waals surface area contributed by atoms with Crippen LogP contribution in [0.2, 0.25) is 0 Å². The summed E-state index contributed by atoms with van der Waals surface area (Å²) in [6.07, 6.45) is 5.06. The van der Waals surface area contributed by atoms with Crippen LogP contribution in [0.3, 0.4) is 0 Å². The van der Waals surface area contributed by atoms with Crippen LogP contribution in [0.4, 0.5) is 0 Å². The predicted octanol–water partition coefficient (Wildman–Crippen LogP) is 2.78. The summed E-state index contributed by atoms with van der Waals surface area (Å²) in [7, 11) is -3.93. The molecule has 3 aliphatic heterocycles. The van der Waals surface area contributed by atoms with Crippen molar-refractivity contribution in [1.82, 2.24) is 19.4 Å². The van der Waals surface area contributed by atoms with E-state index in [0.29, 0.717) is 37.9 Å². The van der Waals surface area contributed by atoms with Crippen molar-refractivity contribution in [3.63, 3.8) is 0 Å². The summed E-state index contributed by atoms with van der Waals surface area (Å²) in [6.45, 7) is 13.5. The first kappa shape index (κ1) is 28.3. The van der Waals surface area contributed by atoms with Gasteiger partial charge < -0.3 is 15.1 Å². The van der Waals surface area contributed by atoms with Crippen LogP contribution >= 0.6 is 0 Å². The lowest BCUT2D eigenvalue weighted by atomic mass is 9.94. The number of nitrogens with zero attached hydrogens (tertiary/aromatic N) is 3. The average molecular weight is 545 g/mol. The molecule has 208 valence electrons. The molecule has 1 atom stereocenters. The summed E-state index contributed by atoms with van der Waals surface area (Å²) in [5.74, 6) is -0.319. The highest BCUT2D eigenvalue weighted by Gasteiger charge is 2.57. The highest BCUT2D eigenvalue weighted by Crippen LogP contribution is 2.44. The van der Waals surface area contributed by atoms with Crippen molar-refractivity contribution in [3.8, 4) is 0 Å². The molecule has 10 heteroatoms. The zero-order chi connectivity index (χ0) is 27.9. The fourth-order valence-electron chi connectivity index (χ4n) is 6.43. The largest absolute Gasteiger partial charge is 0.348 e. The number of hydrogen-bond acceptors (Lipinski definition) is 5. The second-order valence-corrected chi connectivity index (χ2v) is 13.6. The molecule has 4 rings (SSSR count). The summed E-state index contributed by atoms with van der Waals surface area (Å²) in [6, 6.07) is 5.69. The molecule has 3 aliphatic rings. The first-order chi connectivity index (χ1) is 17.8. The van der Waals surface area contributed by atoms with E-state index in [-0.39, 0.29) is 34.6 Å². The normalized spacial score (nSPS) is 23.8. The first-order valence-electron chi connectivity index (χ1n) is 13.5. The monoisotopic (exact) mass is 544 g/mol. The van der Waals surface area contributed by atoms with Gasteiger partial charge in [0.15, 0.2) is 0 Å². The topological polar surface area (TPSA) is 107 Å². The molecular formula is C28H40N4O5S. The molecule has 1 unspecified atom stereocenters. The van der Waals surface area contributed by atoms with Crippen LogP contribution in [-0.2, 0) is 19.6 Å². The predicted molar refractivity (Wildman–Crippen MR) is 145 cm³/mol. The number of amides is 3. The van der Waals surface area contributed by atoms with Crippen LogP contribution in [0.25, 0.3) is 0 Å². The van der Waals surface area contributed by atoms with Crippen LogP contribution in [0.1, 0.15) is 70.2 Å². The highest BCUT2D eigenvalue weighted by molar-refractivity contribution is 7.89. The summed E-state index contributed by atoms with van der Waals surface area (Å²) in [4.78, 5) is 41.6. The van der Waals surface area contributed by atoms with Gasteiger partial charge in [-0.15, -0.1) is 0 Å². The van der Waals surface area contributed by atoms with Crippen molar-refractivity contribution in [3.05, 3.63) is 42.5 Å².